The molecule has 4 aliphatic carbocycles. The predicted molar refractivity (Wildman–Crippen MR) is 87.2 cm³/mol. The molecule has 7 nitrogen and oxygen atoms in total. The highest BCUT2D eigenvalue weighted by Crippen LogP contribution is 2.65. The van der Waals surface area contributed by atoms with Crippen LogP contribution in [0.5, 0.6) is 0 Å². The molecule has 1 heterocycles. The molecule has 2 bridgehead atoms. The molecule has 2 amide bonds. The maximum atomic E-state index is 12.7. The number of allylic oxidation sites excluding steroid dienone is 2. The Bertz CT molecular complexity index is 824. The van der Waals surface area contributed by atoms with E-state index in [-0.39, 0.29) is 41.2 Å². The van der Waals surface area contributed by atoms with Crippen LogP contribution in [0.25, 0.3) is 0 Å². The van der Waals surface area contributed by atoms with E-state index in [1.807, 2.05) is 0 Å². The van der Waals surface area contributed by atoms with Gasteiger partial charge in [-0.15, -0.1) is 0 Å². The number of non-ortho nitro benzene ring substituents is 1. The summed E-state index contributed by atoms with van der Waals surface area (Å²) in [6.45, 7) is 0. The van der Waals surface area contributed by atoms with Gasteiger partial charge in [-0.3, -0.25) is 19.7 Å². The van der Waals surface area contributed by atoms with Crippen LogP contribution in [0.4, 0.5) is 5.69 Å². The number of hydrogen-bond acceptors (Lipinski definition) is 5. The van der Waals surface area contributed by atoms with Crippen molar-refractivity contribution < 1.29 is 14.5 Å². The lowest BCUT2D eigenvalue weighted by Crippen LogP contribution is -2.40. The first-order valence-corrected chi connectivity index (χ1v) is 8.41. The summed E-state index contributed by atoms with van der Waals surface area (Å²) in [6, 6.07) is 5.82. The Morgan fingerprint density at radius 3 is 2.12 bits per heavy atom. The Balaban J connectivity index is 1.39. The number of nitro groups is 1. The molecule has 5 aliphatic rings. The summed E-state index contributed by atoms with van der Waals surface area (Å²) in [5.74, 6) is 0.529. The second kappa shape index (κ2) is 4.84. The maximum Gasteiger partial charge on any atom is 0.269 e. The fourth-order valence-corrected chi connectivity index (χ4v) is 4.86. The average Bonchev–Trinajstić information content (AvgIpc) is 3.39. The molecular weight excluding hydrogens is 322 g/mol. The van der Waals surface area contributed by atoms with E-state index in [4.69, 9.17) is 0 Å². The van der Waals surface area contributed by atoms with Gasteiger partial charge in [-0.1, -0.05) is 12.2 Å². The van der Waals surface area contributed by atoms with Crippen LogP contribution in [0.15, 0.2) is 41.5 Å². The molecule has 0 unspecified atom stereocenters. The molecule has 1 aromatic rings. The molecule has 126 valence electrons. The number of carbonyl (C=O) groups is 2. The van der Waals surface area contributed by atoms with E-state index in [9.17, 15) is 19.7 Å². The molecule has 25 heavy (non-hydrogen) atoms. The molecule has 0 spiro atoms. The lowest BCUT2D eigenvalue weighted by molar-refractivity contribution is -0.384. The molecule has 3 fully saturated rings. The molecule has 2 saturated carbocycles. The van der Waals surface area contributed by atoms with Crippen LogP contribution in [0.2, 0.25) is 0 Å². The number of carbonyl (C=O) groups excluding carboxylic acids is 2. The summed E-state index contributed by atoms with van der Waals surface area (Å²) >= 11 is 0. The molecule has 6 rings (SSSR count). The van der Waals surface area contributed by atoms with E-state index in [0.29, 0.717) is 17.4 Å². The Morgan fingerprint density at radius 1 is 1.04 bits per heavy atom. The predicted octanol–water partition coefficient (Wildman–Crippen LogP) is 1.98. The highest BCUT2D eigenvalue weighted by molar-refractivity contribution is 6.06. The highest BCUT2D eigenvalue weighted by Gasteiger charge is 2.67. The maximum absolute atomic E-state index is 12.7. The van der Waals surface area contributed by atoms with Gasteiger partial charge in [-0.2, -0.15) is 10.1 Å². The number of rotatable bonds is 3. The molecule has 0 N–H and O–H groups in total. The molecule has 6 atom stereocenters. The zero-order chi connectivity index (χ0) is 17.3. The van der Waals surface area contributed by atoms with Crippen molar-refractivity contribution in [3.8, 4) is 0 Å². The minimum Gasteiger partial charge on any atom is -0.272 e. The number of hydrazone groups is 1. The monoisotopic (exact) mass is 337 g/mol. The zero-order valence-electron chi connectivity index (χ0n) is 13.2. The van der Waals surface area contributed by atoms with E-state index in [1.165, 1.54) is 18.3 Å². The fraction of sp³-hybridized carbons (Fsp3) is 0.389. The van der Waals surface area contributed by atoms with E-state index in [2.05, 4.69) is 17.3 Å². The van der Waals surface area contributed by atoms with Gasteiger partial charge < -0.3 is 0 Å². The van der Waals surface area contributed by atoms with Gasteiger partial charge in [0.05, 0.1) is 23.0 Å². The van der Waals surface area contributed by atoms with E-state index >= 15 is 0 Å². The van der Waals surface area contributed by atoms with E-state index in [0.717, 1.165) is 11.4 Å². The second-order valence-corrected chi connectivity index (χ2v) is 7.24. The first kappa shape index (κ1) is 14.5. The van der Waals surface area contributed by atoms with Crippen LogP contribution < -0.4 is 0 Å². The zero-order valence-corrected chi connectivity index (χ0v) is 13.2. The summed E-state index contributed by atoms with van der Waals surface area (Å²) in [4.78, 5) is 35.7. The lowest BCUT2D eigenvalue weighted by atomic mass is 9.63. The normalized spacial score (nSPS) is 37.5. The van der Waals surface area contributed by atoms with Gasteiger partial charge in [-0.25, -0.2) is 0 Å². The van der Waals surface area contributed by atoms with Crippen LogP contribution in [-0.2, 0) is 9.59 Å². The van der Waals surface area contributed by atoms with Gasteiger partial charge in [-0.05, 0) is 47.8 Å². The third-order valence-electron chi connectivity index (χ3n) is 6.07. The number of amides is 2. The molecule has 1 aromatic carbocycles. The number of nitrogens with zero attached hydrogens (tertiary/aromatic N) is 3. The van der Waals surface area contributed by atoms with Crippen molar-refractivity contribution in [1.82, 2.24) is 5.01 Å². The minimum atomic E-state index is -0.479. The van der Waals surface area contributed by atoms with Gasteiger partial charge in [0.2, 0.25) is 0 Å². The van der Waals surface area contributed by atoms with Crippen LogP contribution in [0.3, 0.4) is 0 Å². The number of nitro benzene ring substituents is 1. The minimum absolute atomic E-state index is 0.0154. The van der Waals surface area contributed by atoms with Gasteiger partial charge in [0.15, 0.2) is 0 Å². The van der Waals surface area contributed by atoms with Crippen LogP contribution in [-0.4, -0.2) is 28.0 Å². The van der Waals surface area contributed by atoms with Crippen LogP contribution in [0.1, 0.15) is 12.0 Å². The Kier molecular flexibility index (Phi) is 2.81. The quantitative estimate of drug-likeness (QED) is 0.277. The third-order valence-corrected chi connectivity index (χ3v) is 6.07. The number of hydrogen-bond donors (Lipinski definition) is 0. The van der Waals surface area contributed by atoms with Gasteiger partial charge in [0.25, 0.3) is 17.5 Å². The number of imide groups is 1. The molecule has 1 aliphatic heterocycles. The van der Waals surface area contributed by atoms with Crippen molar-refractivity contribution in [2.45, 2.75) is 6.42 Å². The van der Waals surface area contributed by atoms with Gasteiger partial charge >= 0.3 is 0 Å². The largest absolute Gasteiger partial charge is 0.272 e. The summed E-state index contributed by atoms with van der Waals surface area (Å²) in [6.07, 6.45) is 6.78. The summed E-state index contributed by atoms with van der Waals surface area (Å²) in [7, 11) is 0. The van der Waals surface area contributed by atoms with E-state index < -0.39 is 4.92 Å². The molecule has 0 aromatic heterocycles. The lowest BCUT2D eigenvalue weighted by Gasteiger charge is -2.37. The average molecular weight is 337 g/mol. The Labute approximate surface area is 143 Å². The van der Waals surface area contributed by atoms with Gasteiger partial charge in [0, 0.05) is 12.1 Å². The molecular formula is C18H15N3O4. The van der Waals surface area contributed by atoms with Crippen molar-refractivity contribution in [1.29, 1.82) is 0 Å². The van der Waals surface area contributed by atoms with Crippen molar-refractivity contribution in [2.24, 2.45) is 40.6 Å². The van der Waals surface area contributed by atoms with Crippen molar-refractivity contribution in [3.05, 3.63) is 52.1 Å². The molecule has 7 heteroatoms. The summed E-state index contributed by atoms with van der Waals surface area (Å²) < 4.78 is 0. The first-order chi connectivity index (χ1) is 12.1. The van der Waals surface area contributed by atoms with Gasteiger partial charge in [0.1, 0.15) is 0 Å². The standard InChI is InChI=1S/C18H15N3O4/c22-17-15-11-5-6-12(14-7-13(11)14)16(15)18(23)20(17)19-8-9-1-3-10(4-2-9)21(24)25/h1-6,8,11-16H,7H2/b19-8-/t11-,12-,13-,14+,15-,16+/m1/s1. The van der Waals surface area contributed by atoms with Crippen LogP contribution >= 0.6 is 0 Å². The number of benzene rings is 1. The SMILES string of the molecule is O=C1[C@@H]2[C@@H]3C=C[C@H]([C@@H]4C[C@H]34)[C@@H]2C(=O)N1/N=C\c1ccc([N+](=O)[O-])cc1. The first-order valence-electron chi connectivity index (χ1n) is 8.41. The van der Waals surface area contributed by atoms with Crippen molar-refractivity contribution in [3.63, 3.8) is 0 Å². The van der Waals surface area contributed by atoms with Crippen molar-refractivity contribution >= 4 is 23.7 Å². The second-order valence-electron chi connectivity index (χ2n) is 7.24. The Hall–Kier alpha value is -2.83. The third kappa shape index (κ3) is 1.95. The van der Waals surface area contributed by atoms with E-state index in [1.54, 1.807) is 12.1 Å². The summed E-state index contributed by atoms with van der Waals surface area (Å²) in [5.41, 5.74) is 0.586. The molecule has 1 saturated heterocycles. The Morgan fingerprint density at radius 2 is 1.60 bits per heavy atom. The highest BCUT2D eigenvalue weighted by atomic mass is 16.6. The smallest absolute Gasteiger partial charge is 0.269 e. The topological polar surface area (TPSA) is 92.9 Å². The van der Waals surface area contributed by atoms with Crippen LogP contribution in [0, 0.1) is 45.6 Å². The fourth-order valence-electron chi connectivity index (χ4n) is 4.86. The van der Waals surface area contributed by atoms with Crippen molar-refractivity contribution in [2.75, 3.05) is 0 Å². The molecule has 0 radical (unpaired) electrons. The summed E-state index contributed by atoms with van der Waals surface area (Å²) in [5, 5.41) is 15.8.